The smallest absolute Gasteiger partial charge is 0.121 e. The van der Waals surface area contributed by atoms with Crippen LogP contribution in [0.25, 0.3) is 12.3 Å². The van der Waals surface area contributed by atoms with Crippen molar-refractivity contribution in [3.05, 3.63) is 40.1 Å². The van der Waals surface area contributed by atoms with E-state index in [0.29, 0.717) is 11.8 Å². The molecule has 2 aliphatic heterocycles. The Bertz CT molecular complexity index is 587. The van der Waals surface area contributed by atoms with Crippen LogP contribution in [0.2, 0.25) is 0 Å². The molecule has 4 heterocycles. The first kappa shape index (κ1) is 12.4. The maximum absolute atomic E-state index is 4.68. The Balaban J connectivity index is 1.78. The number of piperidine rings is 1. The molecule has 1 atom stereocenters. The third-order valence-corrected chi connectivity index (χ3v) is 5.65. The van der Waals surface area contributed by atoms with Gasteiger partial charge < -0.3 is 9.47 Å². The Kier molecular flexibility index (Phi) is 3.00. The van der Waals surface area contributed by atoms with E-state index in [0.717, 1.165) is 0 Å². The largest absolute Gasteiger partial charge is 0.310 e. The van der Waals surface area contributed by atoms with Crippen LogP contribution < -0.4 is 0 Å². The summed E-state index contributed by atoms with van der Waals surface area (Å²) in [7, 11) is 2.22. The lowest BCUT2D eigenvalue weighted by Gasteiger charge is -2.33. The van der Waals surface area contributed by atoms with Gasteiger partial charge in [-0.15, -0.1) is 11.3 Å². The van der Waals surface area contributed by atoms with E-state index in [2.05, 4.69) is 51.4 Å². The molecule has 4 heteroatoms. The van der Waals surface area contributed by atoms with Gasteiger partial charge in [-0.25, -0.2) is 4.98 Å². The van der Waals surface area contributed by atoms with Gasteiger partial charge in [0.25, 0.3) is 0 Å². The van der Waals surface area contributed by atoms with Crippen molar-refractivity contribution in [2.45, 2.75) is 18.8 Å². The van der Waals surface area contributed by atoms with Crippen molar-refractivity contribution in [3.63, 3.8) is 0 Å². The SMILES string of the molecule is CN1CCC(C2c3sccc3C=Cn3ccnc32)CC1. The standard InChI is InChI=1S/C16H19N3S/c1-18-7-2-12(3-8-18)14-15-13(5-11-20-15)4-9-19-10-6-17-16(14)19/h4-6,9-12,14H,2-3,7-8H2,1H3. The topological polar surface area (TPSA) is 21.1 Å². The minimum Gasteiger partial charge on any atom is -0.310 e. The first-order valence-electron chi connectivity index (χ1n) is 7.30. The van der Waals surface area contributed by atoms with Gasteiger partial charge in [-0.2, -0.15) is 0 Å². The number of nitrogens with zero attached hydrogens (tertiary/aromatic N) is 3. The molecule has 3 nitrogen and oxygen atoms in total. The summed E-state index contributed by atoms with van der Waals surface area (Å²) in [4.78, 5) is 8.61. The minimum atomic E-state index is 0.462. The van der Waals surface area contributed by atoms with E-state index in [9.17, 15) is 0 Å². The lowest BCUT2D eigenvalue weighted by molar-refractivity contribution is 0.205. The number of thiophene rings is 1. The van der Waals surface area contributed by atoms with Crippen LogP contribution in [0.4, 0.5) is 0 Å². The average Bonchev–Trinajstić information content (AvgIpc) is 3.07. The highest BCUT2D eigenvalue weighted by Gasteiger charge is 2.33. The fourth-order valence-corrected chi connectivity index (χ4v) is 4.56. The van der Waals surface area contributed by atoms with Crippen LogP contribution in [0.3, 0.4) is 0 Å². The Morgan fingerprint density at radius 1 is 1.30 bits per heavy atom. The quantitative estimate of drug-likeness (QED) is 0.801. The maximum atomic E-state index is 4.68. The Labute approximate surface area is 123 Å². The monoisotopic (exact) mass is 285 g/mol. The van der Waals surface area contributed by atoms with Crippen molar-refractivity contribution in [2.75, 3.05) is 20.1 Å². The van der Waals surface area contributed by atoms with Gasteiger partial charge in [0.1, 0.15) is 5.82 Å². The highest BCUT2D eigenvalue weighted by atomic mass is 32.1. The second-order valence-electron chi connectivity index (χ2n) is 5.87. The minimum absolute atomic E-state index is 0.462. The highest BCUT2D eigenvalue weighted by molar-refractivity contribution is 7.10. The molecular weight excluding hydrogens is 266 g/mol. The van der Waals surface area contributed by atoms with E-state index >= 15 is 0 Å². The van der Waals surface area contributed by atoms with Crippen LogP contribution in [0.1, 0.15) is 35.0 Å². The van der Waals surface area contributed by atoms with Gasteiger partial charge in [-0.05, 0) is 62.0 Å². The first-order valence-corrected chi connectivity index (χ1v) is 8.18. The van der Waals surface area contributed by atoms with E-state index in [4.69, 9.17) is 0 Å². The number of hydrogen-bond donors (Lipinski definition) is 0. The van der Waals surface area contributed by atoms with Crippen molar-refractivity contribution >= 4 is 23.6 Å². The molecule has 2 aliphatic rings. The van der Waals surface area contributed by atoms with Crippen molar-refractivity contribution in [2.24, 2.45) is 5.92 Å². The molecule has 1 saturated heterocycles. The summed E-state index contributed by atoms with van der Waals surface area (Å²) < 4.78 is 2.20. The molecule has 1 unspecified atom stereocenters. The number of imidazole rings is 1. The van der Waals surface area contributed by atoms with Gasteiger partial charge in [0.15, 0.2) is 0 Å². The van der Waals surface area contributed by atoms with Crippen LogP contribution >= 0.6 is 11.3 Å². The summed E-state index contributed by atoms with van der Waals surface area (Å²) >= 11 is 1.89. The van der Waals surface area contributed by atoms with Crippen LogP contribution in [0.15, 0.2) is 23.8 Å². The predicted molar refractivity (Wildman–Crippen MR) is 83.8 cm³/mol. The third kappa shape index (κ3) is 1.95. The van der Waals surface area contributed by atoms with Crippen LogP contribution in [0, 0.1) is 5.92 Å². The zero-order chi connectivity index (χ0) is 13.5. The summed E-state index contributed by atoms with van der Waals surface area (Å²) in [6.07, 6.45) is 10.9. The normalized spacial score (nSPS) is 23.4. The van der Waals surface area contributed by atoms with Gasteiger partial charge in [0.2, 0.25) is 0 Å². The van der Waals surface area contributed by atoms with E-state index in [1.165, 1.54) is 42.2 Å². The second kappa shape index (κ2) is 4.86. The number of rotatable bonds is 1. The number of hydrogen-bond acceptors (Lipinski definition) is 3. The highest BCUT2D eigenvalue weighted by Crippen LogP contribution is 2.42. The summed E-state index contributed by atoms with van der Waals surface area (Å²) in [6.45, 7) is 2.41. The van der Waals surface area contributed by atoms with E-state index in [1.54, 1.807) is 0 Å². The molecule has 0 bridgehead atoms. The molecular formula is C16H19N3S. The molecule has 2 aromatic rings. The molecule has 0 N–H and O–H groups in total. The zero-order valence-electron chi connectivity index (χ0n) is 11.7. The molecule has 0 saturated carbocycles. The third-order valence-electron chi connectivity index (χ3n) is 4.64. The molecule has 0 aromatic carbocycles. The van der Waals surface area contributed by atoms with Crippen molar-refractivity contribution in [1.29, 1.82) is 0 Å². The van der Waals surface area contributed by atoms with Gasteiger partial charge in [-0.1, -0.05) is 0 Å². The molecule has 104 valence electrons. The fraction of sp³-hybridized carbons (Fsp3) is 0.438. The number of aromatic nitrogens is 2. The van der Waals surface area contributed by atoms with E-state index < -0.39 is 0 Å². The maximum Gasteiger partial charge on any atom is 0.121 e. The van der Waals surface area contributed by atoms with Crippen molar-refractivity contribution in [1.82, 2.24) is 14.5 Å². The molecule has 2 aromatic heterocycles. The molecule has 20 heavy (non-hydrogen) atoms. The summed E-state index contributed by atoms with van der Waals surface area (Å²) in [5.41, 5.74) is 1.38. The predicted octanol–water partition coefficient (Wildman–Crippen LogP) is 3.36. The molecule has 0 radical (unpaired) electrons. The Hall–Kier alpha value is -1.39. The number of likely N-dealkylation sites (tertiary alicyclic amines) is 1. The Morgan fingerprint density at radius 3 is 3.00 bits per heavy atom. The summed E-state index contributed by atoms with van der Waals surface area (Å²) in [5, 5.41) is 2.22. The average molecular weight is 285 g/mol. The molecule has 1 fully saturated rings. The van der Waals surface area contributed by atoms with Gasteiger partial charge in [0.05, 0.1) is 5.92 Å². The Morgan fingerprint density at radius 2 is 2.15 bits per heavy atom. The lowest BCUT2D eigenvalue weighted by atomic mass is 9.82. The molecule has 0 aliphatic carbocycles. The van der Waals surface area contributed by atoms with Crippen LogP contribution in [-0.2, 0) is 0 Å². The molecule has 0 amide bonds. The summed E-state index contributed by atoms with van der Waals surface area (Å²) in [6, 6.07) is 2.24. The first-order chi connectivity index (χ1) is 9.83. The molecule has 0 spiro atoms. The number of fused-ring (bicyclic) bond motifs is 2. The van der Waals surface area contributed by atoms with Crippen LogP contribution in [-0.4, -0.2) is 34.6 Å². The van der Waals surface area contributed by atoms with Crippen LogP contribution in [0.5, 0.6) is 0 Å². The van der Waals surface area contributed by atoms with E-state index in [-0.39, 0.29) is 0 Å². The molecule has 4 rings (SSSR count). The van der Waals surface area contributed by atoms with E-state index in [1.807, 2.05) is 17.5 Å². The zero-order valence-corrected chi connectivity index (χ0v) is 12.5. The fourth-order valence-electron chi connectivity index (χ4n) is 3.48. The lowest BCUT2D eigenvalue weighted by Crippen LogP contribution is -2.33. The van der Waals surface area contributed by atoms with Gasteiger partial charge in [-0.3, -0.25) is 0 Å². The van der Waals surface area contributed by atoms with Crippen molar-refractivity contribution in [3.8, 4) is 0 Å². The second-order valence-corrected chi connectivity index (χ2v) is 6.81. The van der Waals surface area contributed by atoms with Crippen molar-refractivity contribution < 1.29 is 0 Å². The van der Waals surface area contributed by atoms with Gasteiger partial charge in [0, 0.05) is 23.5 Å². The van der Waals surface area contributed by atoms with Gasteiger partial charge >= 0.3 is 0 Å². The summed E-state index contributed by atoms with van der Waals surface area (Å²) in [5.74, 6) is 2.39.